The van der Waals surface area contributed by atoms with E-state index in [9.17, 15) is 9.59 Å². The van der Waals surface area contributed by atoms with Crippen LogP contribution in [0.25, 0.3) is 0 Å². The van der Waals surface area contributed by atoms with E-state index in [1.807, 2.05) is 20.8 Å². The fraction of sp³-hybridized carbons (Fsp3) is 0.833. The fourth-order valence-electron chi connectivity index (χ4n) is 1.68. The Hall–Kier alpha value is -1.26. The predicted molar refractivity (Wildman–Crippen MR) is 62.3 cm³/mol. The second-order valence-electron chi connectivity index (χ2n) is 4.68. The second-order valence-corrected chi connectivity index (χ2v) is 4.68. The fourth-order valence-corrected chi connectivity index (χ4v) is 1.68. The normalized spacial score (nSPS) is 19.6. The van der Waals surface area contributed by atoms with Gasteiger partial charge >= 0.3 is 12.1 Å². The Morgan fingerprint density at radius 3 is 2.88 bits per heavy atom. The number of esters is 1. The number of carbonyl (C=O) groups excluding carboxylic acids is 2. The van der Waals surface area contributed by atoms with Crippen molar-refractivity contribution in [3.63, 3.8) is 0 Å². The molecule has 1 fully saturated rings. The van der Waals surface area contributed by atoms with E-state index < -0.39 is 12.1 Å². The Morgan fingerprint density at radius 1 is 1.59 bits per heavy atom. The van der Waals surface area contributed by atoms with Gasteiger partial charge in [0, 0.05) is 0 Å². The van der Waals surface area contributed by atoms with Crippen molar-refractivity contribution >= 4 is 12.1 Å². The summed E-state index contributed by atoms with van der Waals surface area (Å²) in [5.41, 5.74) is 0. The number of nitrogens with zero attached hydrogens (tertiary/aromatic N) is 1. The molecule has 1 amide bonds. The number of ether oxygens (including phenoxy) is 2. The van der Waals surface area contributed by atoms with Crippen molar-refractivity contribution in [1.82, 2.24) is 4.90 Å². The van der Waals surface area contributed by atoms with Gasteiger partial charge in [-0.05, 0) is 18.8 Å². The Bertz CT molecular complexity index is 278. The van der Waals surface area contributed by atoms with Gasteiger partial charge in [0.2, 0.25) is 0 Å². The average molecular weight is 243 g/mol. The molecule has 0 saturated carbocycles. The number of amides is 1. The standard InChI is InChI=1S/C12H21NO4/c1-4-5-6-16-12(15)13-8-17-11(14)10(13)7-9(2)3/h9-10H,4-8H2,1-3H3. The van der Waals surface area contributed by atoms with E-state index in [-0.39, 0.29) is 12.7 Å². The Labute approximate surface area is 102 Å². The zero-order chi connectivity index (χ0) is 12.8. The molecule has 98 valence electrons. The number of unbranched alkanes of at least 4 members (excludes halogenated alkanes) is 1. The summed E-state index contributed by atoms with van der Waals surface area (Å²) in [4.78, 5) is 24.6. The summed E-state index contributed by atoms with van der Waals surface area (Å²) in [5, 5.41) is 0. The summed E-state index contributed by atoms with van der Waals surface area (Å²) >= 11 is 0. The van der Waals surface area contributed by atoms with Crippen molar-refractivity contribution in [2.24, 2.45) is 5.92 Å². The molecule has 0 aromatic rings. The molecule has 1 atom stereocenters. The van der Waals surface area contributed by atoms with Crippen LogP contribution in [0.4, 0.5) is 4.79 Å². The molecule has 0 radical (unpaired) electrons. The molecule has 0 aromatic carbocycles. The Morgan fingerprint density at radius 2 is 2.29 bits per heavy atom. The van der Waals surface area contributed by atoms with Crippen LogP contribution in [0.3, 0.4) is 0 Å². The van der Waals surface area contributed by atoms with Gasteiger partial charge in [-0.1, -0.05) is 27.2 Å². The Balaban J connectivity index is 2.50. The molecule has 0 aromatic heterocycles. The van der Waals surface area contributed by atoms with Crippen LogP contribution in [0.5, 0.6) is 0 Å². The van der Waals surface area contributed by atoms with Crippen molar-refractivity contribution in [3.8, 4) is 0 Å². The lowest BCUT2D eigenvalue weighted by atomic mass is 10.0. The summed E-state index contributed by atoms with van der Waals surface area (Å²) in [6, 6.07) is -0.482. The predicted octanol–water partition coefficient (Wildman–Crippen LogP) is 2.15. The molecule has 1 unspecified atom stereocenters. The van der Waals surface area contributed by atoms with Gasteiger partial charge in [0.05, 0.1) is 6.61 Å². The van der Waals surface area contributed by atoms with E-state index in [1.54, 1.807) is 0 Å². The monoisotopic (exact) mass is 243 g/mol. The van der Waals surface area contributed by atoms with Crippen molar-refractivity contribution in [2.45, 2.75) is 46.1 Å². The molecule has 0 N–H and O–H groups in total. The molecule has 0 spiro atoms. The van der Waals surface area contributed by atoms with Crippen molar-refractivity contribution in [2.75, 3.05) is 13.3 Å². The van der Waals surface area contributed by atoms with Crippen molar-refractivity contribution in [3.05, 3.63) is 0 Å². The highest BCUT2D eigenvalue weighted by Gasteiger charge is 2.38. The first-order valence-electron chi connectivity index (χ1n) is 6.16. The van der Waals surface area contributed by atoms with Crippen LogP contribution in [-0.4, -0.2) is 36.3 Å². The highest BCUT2D eigenvalue weighted by atomic mass is 16.6. The van der Waals surface area contributed by atoms with Gasteiger partial charge in [0.1, 0.15) is 6.04 Å². The number of hydrogen-bond acceptors (Lipinski definition) is 4. The third kappa shape index (κ3) is 3.91. The Kier molecular flexibility index (Phi) is 5.25. The highest BCUT2D eigenvalue weighted by Crippen LogP contribution is 2.19. The van der Waals surface area contributed by atoms with E-state index in [0.29, 0.717) is 18.9 Å². The number of carbonyl (C=O) groups is 2. The molecule has 5 nitrogen and oxygen atoms in total. The SMILES string of the molecule is CCCCOC(=O)N1COC(=O)C1CC(C)C. The van der Waals surface area contributed by atoms with Crippen molar-refractivity contribution in [1.29, 1.82) is 0 Å². The molecule has 0 bridgehead atoms. The van der Waals surface area contributed by atoms with Crippen LogP contribution in [0.2, 0.25) is 0 Å². The lowest BCUT2D eigenvalue weighted by Gasteiger charge is -2.20. The molecule has 0 aliphatic carbocycles. The molecule has 17 heavy (non-hydrogen) atoms. The van der Waals surface area contributed by atoms with Gasteiger partial charge < -0.3 is 9.47 Å². The third-order valence-electron chi connectivity index (χ3n) is 2.65. The molecule has 1 rings (SSSR count). The van der Waals surface area contributed by atoms with Gasteiger partial charge in [-0.25, -0.2) is 9.59 Å². The smallest absolute Gasteiger partial charge is 0.413 e. The molecule has 5 heteroatoms. The quantitative estimate of drug-likeness (QED) is 0.548. The lowest BCUT2D eigenvalue weighted by molar-refractivity contribution is -0.139. The first kappa shape index (κ1) is 13.8. The maximum atomic E-state index is 11.7. The van der Waals surface area contributed by atoms with Crippen LogP contribution in [0, 0.1) is 5.92 Å². The maximum Gasteiger partial charge on any atom is 0.413 e. The van der Waals surface area contributed by atoms with Crippen LogP contribution < -0.4 is 0 Å². The first-order chi connectivity index (χ1) is 8.06. The van der Waals surface area contributed by atoms with E-state index in [1.165, 1.54) is 4.90 Å². The molecular formula is C12H21NO4. The first-order valence-corrected chi connectivity index (χ1v) is 6.16. The summed E-state index contributed by atoms with van der Waals surface area (Å²) in [6.45, 7) is 6.45. The maximum absolute atomic E-state index is 11.7. The topological polar surface area (TPSA) is 55.8 Å². The summed E-state index contributed by atoms with van der Waals surface area (Å²) < 4.78 is 9.97. The van der Waals surface area contributed by atoms with Gasteiger partial charge in [0.25, 0.3) is 0 Å². The minimum absolute atomic E-state index is 0.0151. The van der Waals surface area contributed by atoms with E-state index in [0.717, 1.165) is 12.8 Å². The van der Waals surface area contributed by atoms with Crippen LogP contribution in [-0.2, 0) is 14.3 Å². The molecule has 1 saturated heterocycles. The van der Waals surface area contributed by atoms with Crippen LogP contribution in [0.1, 0.15) is 40.0 Å². The van der Waals surface area contributed by atoms with Gasteiger partial charge in [-0.2, -0.15) is 0 Å². The van der Waals surface area contributed by atoms with Gasteiger partial charge in [0.15, 0.2) is 6.73 Å². The number of cyclic esters (lactones) is 1. The average Bonchev–Trinajstić information content (AvgIpc) is 2.60. The number of hydrogen-bond donors (Lipinski definition) is 0. The van der Waals surface area contributed by atoms with E-state index in [4.69, 9.17) is 9.47 Å². The molecule has 1 aliphatic heterocycles. The molecule has 1 aliphatic rings. The zero-order valence-electron chi connectivity index (χ0n) is 10.8. The van der Waals surface area contributed by atoms with E-state index >= 15 is 0 Å². The van der Waals surface area contributed by atoms with Gasteiger partial charge in [-0.3, -0.25) is 4.90 Å². The summed E-state index contributed by atoms with van der Waals surface area (Å²) in [7, 11) is 0. The van der Waals surface area contributed by atoms with Crippen molar-refractivity contribution < 1.29 is 19.1 Å². The minimum atomic E-state index is -0.482. The van der Waals surface area contributed by atoms with E-state index in [2.05, 4.69) is 0 Å². The largest absolute Gasteiger partial charge is 0.449 e. The number of rotatable bonds is 5. The summed E-state index contributed by atoms with van der Waals surface area (Å²) in [5.74, 6) is 0.00253. The van der Waals surface area contributed by atoms with Crippen LogP contribution in [0.15, 0.2) is 0 Å². The molecular weight excluding hydrogens is 222 g/mol. The molecule has 1 heterocycles. The lowest BCUT2D eigenvalue weighted by Crippen LogP contribution is -2.39. The second kappa shape index (κ2) is 6.47. The van der Waals surface area contributed by atoms with Crippen LogP contribution >= 0.6 is 0 Å². The third-order valence-corrected chi connectivity index (χ3v) is 2.65. The summed E-state index contributed by atoms with van der Waals surface area (Å²) in [6.07, 6.45) is 1.97. The van der Waals surface area contributed by atoms with Gasteiger partial charge in [-0.15, -0.1) is 0 Å². The minimum Gasteiger partial charge on any atom is -0.449 e. The highest BCUT2D eigenvalue weighted by molar-refractivity contribution is 5.83. The zero-order valence-corrected chi connectivity index (χ0v) is 10.8.